The summed E-state index contributed by atoms with van der Waals surface area (Å²) in [5, 5.41) is 10.3. The normalized spacial score (nSPS) is 28.1. The molecule has 0 spiro atoms. The molecule has 0 aromatic heterocycles. The number of aliphatic hydroxyl groups is 1. The number of nitrogens with zero attached hydrogens (tertiary/aromatic N) is 1. The monoisotopic (exact) mass is 297 g/mol. The molecule has 1 N–H and O–H groups in total. The van der Waals surface area contributed by atoms with Gasteiger partial charge in [0, 0.05) is 19.1 Å². The van der Waals surface area contributed by atoms with Crippen molar-refractivity contribution in [2.45, 2.75) is 43.9 Å². The second-order valence-electron chi connectivity index (χ2n) is 5.95. The van der Waals surface area contributed by atoms with E-state index in [2.05, 4.69) is 4.90 Å². The molecule has 5 heteroatoms. The Morgan fingerprint density at radius 1 is 1.24 bits per heavy atom. The first kappa shape index (κ1) is 14.9. The lowest BCUT2D eigenvalue weighted by Crippen LogP contribution is -2.53. The van der Waals surface area contributed by atoms with Crippen molar-refractivity contribution in [3.05, 3.63) is 35.4 Å². The third kappa shape index (κ3) is 3.25. The van der Waals surface area contributed by atoms with E-state index >= 15 is 0 Å². The quantitative estimate of drug-likeness (QED) is 0.931. The van der Waals surface area contributed by atoms with E-state index in [-0.39, 0.29) is 6.10 Å². The molecule has 1 saturated heterocycles. The number of β-amino-alcohol motifs (C(OH)–C–C–N with tert-alkyl or cyclic N) is 1. The predicted molar refractivity (Wildman–Crippen MR) is 74.9 cm³/mol. The van der Waals surface area contributed by atoms with Crippen LogP contribution in [0.4, 0.5) is 8.78 Å². The molecule has 1 aliphatic carbocycles. The van der Waals surface area contributed by atoms with Gasteiger partial charge in [0.05, 0.1) is 18.8 Å². The minimum absolute atomic E-state index is 0.254. The standard InChI is InChI=1S/C16H21F2NO2/c17-12-6-5-11(9-13(12)18)15(20)10-19-7-8-21-16-4-2-1-3-14(16)19/h5-6,9,14-16,20H,1-4,7-8,10H2/t14-,15-,16-/m1/s1. The summed E-state index contributed by atoms with van der Waals surface area (Å²) in [7, 11) is 0. The average Bonchev–Trinajstić information content (AvgIpc) is 2.50. The zero-order chi connectivity index (χ0) is 14.8. The molecule has 1 saturated carbocycles. The number of aliphatic hydroxyl groups excluding tert-OH is 1. The molecular formula is C16H21F2NO2. The third-order valence-electron chi connectivity index (χ3n) is 4.58. The molecule has 1 aromatic carbocycles. The Labute approximate surface area is 123 Å². The Bertz CT molecular complexity index is 495. The molecule has 116 valence electrons. The highest BCUT2D eigenvalue weighted by atomic mass is 19.2. The van der Waals surface area contributed by atoms with Crippen LogP contribution < -0.4 is 0 Å². The van der Waals surface area contributed by atoms with Crippen LogP contribution in [0.25, 0.3) is 0 Å². The van der Waals surface area contributed by atoms with Crippen molar-refractivity contribution < 1.29 is 18.6 Å². The lowest BCUT2D eigenvalue weighted by Gasteiger charge is -2.44. The summed E-state index contributed by atoms with van der Waals surface area (Å²) in [5.41, 5.74) is 0.424. The maximum Gasteiger partial charge on any atom is 0.159 e. The summed E-state index contributed by atoms with van der Waals surface area (Å²) in [6.45, 7) is 1.89. The van der Waals surface area contributed by atoms with Gasteiger partial charge < -0.3 is 9.84 Å². The molecule has 3 rings (SSSR count). The average molecular weight is 297 g/mol. The second kappa shape index (κ2) is 6.38. The van der Waals surface area contributed by atoms with Crippen LogP contribution in [0, 0.1) is 11.6 Å². The Hall–Kier alpha value is -1.04. The number of hydrogen-bond acceptors (Lipinski definition) is 3. The van der Waals surface area contributed by atoms with Gasteiger partial charge in [-0.25, -0.2) is 8.78 Å². The molecule has 0 bridgehead atoms. The maximum absolute atomic E-state index is 13.3. The number of benzene rings is 1. The van der Waals surface area contributed by atoms with Gasteiger partial charge >= 0.3 is 0 Å². The zero-order valence-corrected chi connectivity index (χ0v) is 12.0. The van der Waals surface area contributed by atoms with Gasteiger partial charge in [0.15, 0.2) is 11.6 Å². The minimum atomic E-state index is -0.913. The van der Waals surface area contributed by atoms with E-state index in [0.717, 1.165) is 31.5 Å². The molecule has 2 fully saturated rings. The summed E-state index contributed by atoms with van der Waals surface area (Å²) >= 11 is 0. The molecule has 3 nitrogen and oxygen atoms in total. The Kier molecular flexibility index (Phi) is 4.52. The fourth-order valence-electron chi connectivity index (χ4n) is 3.45. The fourth-order valence-corrected chi connectivity index (χ4v) is 3.45. The van der Waals surface area contributed by atoms with Gasteiger partial charge in [-0.2, -0.15) is 0 Å². The number of fused-ring (bicyclic) bond motifs is 1. The Morgan fingerprint density at radius 2 is 2.05 bits per heavy atom. The fraction of sp³-hybridized carbons (Fsp3) is 0.625. The van der Waals surface area contributed by atoms with E-state index < -0.39 is 17.7 Å². The number of halogens is 2. The minimum Gasteiger partial charge on any atom is -0.387 e. The lowest BCUT2D eigenvalue weighted by atomic mass is 9.89. The van der Waals surface area contributed by atoms with Crippen molar-refractivity contribution >= 4 is 0 Å². The molecule has 3 atom stereocenters. The van der Waals surface area contributed by atoms with Crippen LogP contribution in [0.5, 0.6) is 0 Å². The van der Waals surface area contributed by atoms with Gasteiger partial charge in [0.1, 0.15) is 0 Å². The van der Waals surface area contributed by atoms with Crippen LogP contribution >= 0.6 is 0 Å². The highest BCUT2D eigenvalue weighted by molar-refractivity contribution is 5.20. The molecule has 0 radical (unpaired) electrons. The van der Waals surface area contributed by atoms with Gasteiger partial charge in [-0.05, 0) is 30.5 Å². The summed E-state index contributed by atoms with van der Waals surface area (Å²) in [6, 6.07) is 3.93. The van der Waals surface area contributed by atoms with Gasteiger partial charge in [-0.1, -0.05) is 18.9 Å². The maximum atomic E-state index is 13.3. The smallest absolute Gasteiger partial charge is 0.159 e. The van der Waals surface area contributed by atoms with E-state index in [4.69, 9.17) is 4.74 Å². The van der Waals surface area contributed by atoms with Gasteiger partial charge in [-0.15, -0.1) is 0 Å². The summed E-state index contributed by atoms with van der Waals surface area (Å²) in [5.74, 6) is -1.80. The van der Waals surface area contributed by atoms with Crippen LogP contribution in [-0.2, 0) is 4.74 Å². The van der Waals surface area contributed by atoms with Crippen LogP contribution in [0.15, 0.2) is 18.2 Å². The van der Waals surface area contributed by atoms with Crippen molar-refractivity contribution in [2.24, 2.45) is 0 Å². The van der Waals surface area contributed by atoms with Crippen LogP contribution in [-0.4, -0.2) is 41.8 Å². The van der Waals surface area contributed by atoms with Crippen molar-refractivity contribution in [1.29, 1.82) is 0 Å². The summed E-state index contributed by atoms with van der Waals surface area (Å²) < 4.78 is 32.0. The molecule has 0 unspecified atom stereocenters. The number of rotatable bonds is 3. The van der Waals surface area contributed by atoms with E-state index in [9.17, 15) is 13.9 Å². The summed E-state index contributed by atoms with van der Waals surface area (Å²) in [6.07, 6.45) is 3.98. The molecule has 1 aromatic rings. The van der Waals surface area contributed by atoms with Crippen LogP contribution in [0.2, 0.25) is 0 Å². The van der Waals surface area contributed by atoms with Crippen molar-refractivity contribution in [3.8, 4) is 0 Å². The largest absolute Gasteiger partial charge is 0.387 e. The van der Waals surface area contributed by atoms with Gasteiger partial charge in [0.25, 0.3) is 0 Å². The first-order valence-electron chi connectivity index (χ1n) is 7.64. The van der Waals surface area contributed by atoms with E-state index in [1.54, 1.807) is 0 Å². The highest BCUT2D eigenvalue weighted by Crippen LogP contribution is 2.30. The van der Waals surface area contributed by atoms with Crippen molar-refractivity contribution in [2.75, 3.05) is 19.7 Å². The second-order valence-corrected chi connectivity index (χ2v) is 5.95. The number of hydrogen-bond donors (Lipinski definition) is 1. The van der Waals surface area contributed by atoms with E-state index in [1.165, 1.54) is 18.9 Å². The molecule has 0 amide bonds. The molecule has 1 heterocycles. The van der Waals surface area contributed by atoms with Crippen LogP contribution in [0.3, 0.4) is 0 Å². The third-order valence-corrected chi connectivity index (χ3v) is 4.58. The highest BCUT2D eigenvalue weighted by Gasteiger charge is 2.35. The van der Waals surface area contributed by atoms with Crippen molar-refractivity contribution in [3.63, 3.8) is 0 Å². The predicted octanol–water partition coefficient (Wildman–Crippen LogP) is 2.64. The van der Waals surface area contributed by atoms with E-state index in [0.29, 0.717) is 24.8 Å². The number of morpholine rings is 1. The SMILES string of the molecule is O[C@H](CN1CCO[C@@H]2CCCC[C@H]21)c1ccc(F)c(F)c1. The Morgan fingerprint density at radius 3 is 2.86 bits per heavy atom. The molecule has 21 heavy (non-hydrogen) atoms. The van der Waals surface area contributed by atoms with E-state index in [1.807, 2.05) is 0 Å². The molecule has 2 aliphatic rings. The van der Waals surface area contributed by atoms with Gasteiger partial charge in [0.2, 0.25) is 0 Å². The topological polar surface area (TPSA) is 32.7 Å². The first-order valence-corrected chi connectivity index (χ1v) is 7.64. The first-order chi connectivity index (χ1) is 10.1. The molecular weight excluding hydrogens is 276 g/mol. The van der Waals surface area contributed by atoms with Gasteiger partial charge in [-0.3, -0.25) is 4.90 Å². The lowest BCUT2D eigenvalue weighted by molar-refractivity contribution is -0.0975. The summed E-state index contributed by atoms with van der Waals surface area (Å²) in [4.78, 5) is 2.24. The van der Waals surface area contributed by atoms with Crippen LogP contribution in [0.1, 0.15) is 37.4 Å². The zero-order valence-electron chi connectivity index (χ0n) is 12.0. The Balaban J connectivity index is 1.68. The molecule has 1 aliphatic heterocycles. The van der Waals surface area contributed by atoms with Crippen molar-refractivity contribution in [1.82, 2.24) is 4.90 Å². The number of ether oxygens (including phenoxy) is 1.